The summed E-state index contributed by atoms with van der Waals surface area (Å²) in [5.74, 6) is 0. The summed E-state index contributed by atoms with van der Waals surface area (Å²) in [5, 5.41) is 12.7. The third kappa shape index (κ3) is 7.84. The number of hydrogen-bond acceptors (Lipinski definition) is 4. The minimum absolute atomic E-state index is 0.342. The van der Waals surface area contributed by atoms with Crippen LogP contribution in [-0.4, -0.2) is 61.2 Å². The van der Waals surface area contributed by atoms with Crippen LogP contribution >= 0.6 is 0 Å². The van der Waals surface area contributed by atoms with Gasteiger partial charge >= 0.3 is 0 Å². The Morgan fingerprint density at radius 2 is 1.85 bits per heavy atom. The Balaban J connectivity index is 4.27. The summed E-state index contributed by atoms with van der Waals surface area (Å²) in [6, 6.07) is 3.32. The van der Waals surface area contributed by atoms with E-state index in [0.717, 1.165) is 32.5 Å². The van der Waals surface area contributed by atoms with Crippen LogP contribution in [0.3, 0.4) is 0 Å². The van der Waals surface area contributed by atoms with Crippen molar-refractivity contribution in [2.45, 2.75) is 65.1 Å². The first-order valence-corrected chi connectivity index (χ1v) is 7.81. The second-order valence-corrected chi connectivity index (χ2v) is 6.59. The van der Waals surface area contributed by atoms with E-state index in [1.807, 2.05) is 6.92 Å². The zero-order chi connectivity index (χ0) is 15.8. The van der Waals surface area contributed by atoms with Crippen LogP contribution in [0.4, 0.5) is 0 Å². The minimum atomic E-state index is -0.404. The van der Waals surface area contributed by atoms with Gasteiger partial charge in [0.1, 0.15) is 5.54 Å². The molecule has 0 aromatic rings. The molecule has 0 aliphatic carbocycles. The maximum absolute atomic E-state index is 9.35. The highest BCUT2D eigenvalue weighted by atomic mass is 15.2. The van der Waals surface area contributed by atoms with Gasteiger partial charge in [-0.15, -0.1) is 0 Å². The number of rotatable bonds is 10. The lowest BCUT2D eigenvalue weighted by atomic mass is 9.96. The number of nitrogens with zero attached hydrogens (tertiary/aromatic N) is 3. The molecule has 0 saturated carbocycles. The molecular weight excluding hydrogens is 248 g/mol. The van der Waals surface area contributed by atoms with Crippen molar-refractivity contribution < 1.29 is 0 Å². The fourth-order valence-corrected chi connectivity index (χ4v) is 2.77. The highest BCUT2D eigenvalue weighted by molar-refractivity contribution is 5.04. The quantitative estimate of drug-likeness (QED) is 0.668. The molecule has 0 rings (SSSR count). The van der Waals surface area contributed by atoms with Crippen molar-refractivity contribution >= 4 is 0 Å². The highest BCUT2D eigenvalue weighted by Gasteiger charge is 2.24. The number of hydrogen-bond donors (Lipinski definition) is 1. The van der Waals surface area contributed by atoms with E-state index in [2.05, 4.69) is 63.0 Å². The second kappa shape index (κ2) is 9.33. The Kier molecular flexibility index (Phi) is 9.04. The van der Waals surface area contributed by atoms with Crippen molar-refractivity contribution in [3.05, 3.63) is 0 Å². The van der Waals surface area contributed by atoms with Crippen LogP contribution < -0.4 is 5.32 Å². The minimum Gasteiger partial charge on any atom is -0.308 e. The van der Waals surface area contributed by atoms with Crippen molar-refractivity contribution in [3.8, 4) is 6.07 Å². The maximum atomic E-state index is 9.35. The molecule has 0 amide bonds. The van der Waals surface area contributed by atoms with Gasteiger partial charge in [0.05, 0.1) is 6.07 Å². The van der Waals surface area contributed by atoms with Crippen LogP contribution in [0.1, 0.15) is 47.5 Å². The summed E-state index contributed by atoms with van der Waals surface area (Å²) in [6.45, 7) is 13.9. The monoisotopic (exact) mass is 282 g/mol. The van der Waals surface area contributed by atoms with E-state index >= 15 is 0 Å². The number of nitrogens with one attached hydrogen (secondary N) is 1. The van der Waals surface area contributed by atoms with E-state index in [0.29, 0.717) is 12.1 Å². The van der Waals surface area contributed by atoms with Crippen molar-refractivity contribution in [1.82, 2.24) is 15.1 Å². The Morgan fingerprint density at radius 3 is 2.25 bits per heavy atom. The molecule has 2 unspecified atom stereocenters. The summed E-state index contributed by atoms with van der Waals surface area (Å²) in [4.78, 5) is 4.72. The lowest BCUT2D eigenvalue weighted by Crippen LogP contribution is -2.46. The molecule has 0 heterocycles. The Morgan fingerprint density at radius 1 is 1.25 bits per heavy atom. The normalized spacial score (nSPS) is 16.4. The second-order valence-electron chi connectivity index (χ2n) is 6.59. The summed E-state index contributed by atoms with van der Waals surface area (Å²) in [6.07, 6.45) is 1.95. The van der Waals surface area contributed by atoms with Crippen LogP contribution in [0.25, 0.3) is 0 Å². The van der Waals surface area contributed by atoms with E-state index in [-0.39, 0.29) is 0 Å². The molecule has 0 spiro atoms. The zero-order valence-electron chi connectivity index (χ0n) is 14.5. The van der Waals surface area contributed by atoms with Gasteiger partial charge in [-0.1, -0.05) is 6.92 Å². The molecule has 1 N–H and O–H groups in total. The highest BCUT2D eigenvalue weighted by Crippen LogP contribution is 2.14. The van der Waals surface area contributed by atoms with Crippen molar-refractivity contribution in [2.75, 3.05) is 33.7 Å². The fourth-order valence-electron chi connectivity index (χ4n) is 2.77. The van der Waals surface area contributed by atoms with Crippen LogP contribution in [-0.2, 0) is 0 Å². The average Bonchev–Trinajstić information content (AvgIpc) is 2.32. The predicted octanol–water partition coefficient (Wildman–Crippen LogP) is 2.32. The van der Waals surface area contributed by atoms with E-state index in [1.165, 1.54) is 0 Å². The topological polar surface area (TPSA) is 42.3 Å². The first kappa shape index (κ1) is 19.4. The molecule has 118 valence electrons. The van der Waals surface area contributed by atoms with Crippen LogP contribution in [0.15, 0.2) is 0 Å². The SMILES string of the molecule is CCN(CCCC(C)(C#N)NC(C)C)C(C)CN(C)C. The predicted molar refractivity (Wildman–Crippen MR) is 86.8 cm³/mol. The molecule has 0 aromatic carbocycles. The first-order chi connectivity index (χ1) is 9.24. The lowest BCUT2D eigenvalue weighted by molar-refractivity contribution is 0.174. The van der Waals surface area contributed by atoms with Gasteiger partial charge in [-0.05, 0) is 67.7 Å². The molecule has 0 aromatic heterocycles. The van der Waals surface area contributed by atoms with Gasteiger partial charge in [-0.2, -0.15) is 5.26 Å². The molecule has 0 bridgehead atoms. The van der Waals surface area contributed by atoms with Crippen LogP contribution in [0, 0.1) is 11.3 Å². The lowest BCUT2D eigenvalue weighted by Gasteiger charge is -2.31. The van der Waals surface area contributed by atoms with Gasteiger partial charge < -0.3 is 4.90 Å². The smallest absolute Gasteiger partial charge is 0.104 e. The molecule has 0 radical (unpaired) electrons. The molecule has 2 atom stereocenters. The largest absolute Gasteiger partial charge is 0.308 e. The van der Waals surface area contributed by atoms with Crippen LogP contribution in [0.2, 0.25) is 0 Å². The molecular formula is C16H34N4. The Bertz CT molecular complexity index is 295. The average molecular weight is 282 g/mol. The standard InChI is InChI=1S/C16H34N4/c1-8-20(15(4)12-19(6)7)11-9-10-16(5,13-17)18-14(2)3/h14-15,18H,8-12H2,1-7H3. The van der Waals surface area contributed by atoms with E-state index < -0.39 is 5.54 Å². The van der Waals surface area contributed by atoms with E-state index in [9.17, 15) is 5.26 Å². The molecule has 0 aliphatic rings. The number of likely N-dealkylation sites (N-methyl/N-ethyl adjacent to an activating group) is 2. The van der Waals surface area contributed by atoms with Gasteiger partial charge in [-0.3, -0.25) is 10.2 Å². The van der Waals surface area contributed by atoms with Gasteiger partial charge in [-0.25, -0.2) is 0 Å². The van der Waals surface area contributed by atoms with Gasteiger partial charge in [0.15, 0.2) is 0 Å². The summed E-state index contributed by atoms with van der Waals surface area (Å²) in [5.41, 5.74) is -0.404. The summed E-state index contributed by atoms with van der Waals surface area (Å²) in [7, 11) is 4.23. The summed E-state index contributed by atoms with van der Waals surface area (Å²) < 4.78 is 0. The first-order valence-electron chi connectivity index (χ1n) is 7.81. The van der Waals surface area contributed by atoms with Crippen molar-refractivity contribution in [1.29, 1.82) is 5.26 Å². The molecule has 20 heavy (non-hydrogen) atoms. The van der Waals surface area contributed by atoms with Gasteiger partial charge in [0.2, 0.25) is 0 Å². The van der Waals surface area contributed by atoms with E-state index in [4.69, 9.17) is 0 Å². The Hall–Kier alpha value is -0.630. The van der Waals surface area contributed by atoms with Crippen molar-refractivity contribution in [3.63, 3.8) is 0 Å². The van der Waals surface area contributed by atoms with Crippen molar-refractivity contribution in [2.24, 2.45) is 0 Å². The maximum Gasteiger partial charge on any atom is 0.104 e. The third-order valence-corrected chi connectivity index (χ3v) is 3.64. The van der Waals surface area contributed by atoms with E-state index in [1.54, 1.807) is 0 Å². The molecule has 0 fully saturated rings. The fraction of sp³-hybridized carbons (Fsp3) is 0.938. The molecule has 0 aliphatic heterocycles. The van der Waals surface area contributed by atoms with Gasteiger partial charge in [0, 0.05) is 18.6 Å². The third-order valence-electron chi connectivity index (χ3n) is 3.64. The zero-order valence-corrected chi connectivity index (χ0v) is 14.5. The Labute approximate surface area is 126 Å². The van der Waals surface area contributed by atoms with Gasteiger partial charge in [0.25, 0.3) is 0 Å². The van der Waals surface area contributed by atoms with Crippen LogP contribution in [0.5, 0.6) is 0 Å². The molecule has 0 saturated heterocycles. The number of nitriles is 1. The summed E-state index contributed by atoms with van der Waals surface area (Å²) >= 11 is 0. The molecule has 4 nitrogen and oxygen atoms in total. The molecule has 4 heteroatoms.